The second-order valence-electron chi connectivity index (χ2n) is 9.03. The van der Waals surface area contributed by atoms with Gasteiger partial charge in [-0.05, 0) is 93.0 Å². The fourth-order valence-electron chi connectivity index (χ4n) is 4.88. The molecular formula is C34H22O2. The van der Waals surface area contributed by atoms with E-state index in [1.165, 1.54) is 21.5 Å². The molecule has 170 valence electrons. The van der Waals surface area contributed by atoms with Crippen LogP contribution in [0.5, 0.6) is 23.0 Å². The first-order valence-corrected chi connectivity index (χ1v) is 12.1. The molecule has 0 N–H and O–H groups in total. The number of benzene rings is 7. The van der Waals surface area contributed by atoms with Gasteiger partial charge in [0.25, 0.3) is 0 Å². The van der Waals surface area contributed by atoms with E-state index in [9.17, 15) is 0 Å². The fraction of sp³-hybridized carbons (Fsp3) is 0. The number of fused-ring (bicyclic) bond motifs is 4. The van der Waals surface area contributed by atoms with Crippen molar-refractivity contribution in [3.05, 3.63) is 133 Å². The summed E-state index contributed by atoms with van der Waals surface area (Å²) in [6, 6.07) is 45.8. The molecule has 0 unspecified atom stereocenters. The minimum Gasteiger partial charge on any atom is -0.457 e. The van der Waals surface area contributed by atoms with Crippen LogP contribution < -0.4 is 9.47 Å². The predicted octanol–water partition coefficient (Wildman–Crippen LogP) is 9.88. The highest BCUT2D eigenvalue weighted by Crippen LogP contribution is 2.36. The maximum atomic E-state index is 6.31. The second-order valence-corrected chi connectivity index (χ2v) is 9.03. The maximum Gasteiger partial charge on any atom is 0.135 e. The summed E-state index contributed by atoms with van der Waals surface area (Å²) in [6.07, 6.45) is 0. The van der Waals surface area contributed by atoms with Crippen LogP contribution in [0.4, 0.5) is 0 Å². The van der Waals surface area contributed by atoms with E-state index in [4.69, 9.17) is 9.47 Å². The van der Waals surface area contributed by atoms with Crippen LogP contribution in [0.2, 0.25) is 0 Å². The largest absolute Gasteiger partial charge is 0.457 e. The first-order chi connectivity index (χ1) is 17.8. The molecule has 0 saturated heterocycles. The van der Waals surface area contributed by atoms with Gasteiger partial charge in [-0.15, -0.1) is 0 Å². The number of rotatable bonds is 4. The van der Waals surface area contributed by atoms with Gasteiger partial charge in [0.2, 0.25) is 0 Å². The lowest BCUT2D eigenvalue weighted by atomic mass is 10.0. The SMILES string of the molecule is c1ccc2cc3c(Oc4ccc(Oc5cccc6cc7ccccc7cc56)cc4)cccc3cc2c1. The Morgan fingerprint density at radius 3 is 1.08 bits per heavy atom. The zero-order valence-corrected chi connectivity index (χ0v) is 19.5. The Morgan fingerprint density at radius 1 is 0.306 bits per heavy atom. The molecule has 2 nitrogen and oxygen atoms in total. The molecule has 0 aromatic heterocycles. The first-order valence-electron chi connectivity index (χ1n) is 12.1. The Labute approximate surface area is 208 Å². The molecule has 0 spiro atoms. The predicted molar refractivity (Wildman–Crippen MR) is 149 cm³/mol. The van der Waals surface area contributed by atoms with Gasteiger partial charge in [-0.25, -0.2) is 0 Å². The van der Waals surface area contributed by atoms with Gasteiger partial charge in [-0.3, -0.25) is 0 Å². The minimum atomic E-state index is 0.770. The van der Waals surface area contributed by atoms with Crippen LogP contribution in [0.1, 0.15) is 0 Å². The van der Waals surface area contributed by atoms with Crippen LogP contribution in [0.25, 0.3) is 43.1 Å². The van der Waals surface area contributed by atoms with Crippen molar-refractivity contribution in [2.75, 3.05) is 0 Å². The zero-order valence-electron chi connectivity index (χ0n) is 19.5. The molecule has 7 aromatic carbocycles. The molecular weight excluding hydrogens is 440 g/mol. The van der Waals surface area contributed by atoms with Gasteiger partial charge in [0, 0.05) is 10.8 Å². The summed E-state index contributed by atoms with van der Waals surface area (Å²) in [6.45, 7) is 0. The molecule has 7 rings (SSSR count). The fourth-order valence-corrected chi connectivity index (χ4v) is 4.88. The molecule has 0 aliphatic carbocycles. The molecule has 0 radical (unpaired) electrons. The third kappa shape index (κ3) is 3.70. The lowest BCUT2D eigenvalue weighted by molar-refractivity contribution is 0.475. The van der Waals surface area contributed by atoms with Gasteiger partial charge in [0.1, 0.15) is 23.0 Å². The molecule has 0 aliphatic rings. The Morgan fingerprint density at radius 2 is 0.667 bits per heavy atom. The third-order valence-electron chi connectivity index (χ3n) is 6.69. The highest BCUT2D eigenvalue weighted by Gasteiger charge is 2.08. The Kier molecular flexibility index (Phi) is 4.82. The number of ether oxygens (including phenoxy) is 2. The second kappa shape index (κ2) is 8.44. The van der Waals surface area contributed by atoms with E-state index in [1.54, 1.807) is 0 Å². The highest BCUT2D eigenvalue weighted by molar-refractivity contribution is 6.02. The third-order valence-corrected chi connectivity index (χ3v) is 6.69. The maximum absolute atomic E-state index is 6.31. The van der Waals surface area contributed by atoms with E-state index < -0.39 is 0 Å². The molecule has 2 heteroatoms. The van der Waals surface area contributed by atoms with Crippen molar-refractivity contribution in [2.24, 2.45) is 0 Å². The Balaban J connectivity index is 1.18. The molecule has 0 atom stereocenters. The van der Waals surface area contributed by atoms with E-state index in [2.05, 4.69) is 84.9 Å². The van der Waals surface area contributed by atoms with Gasteiger partial charge >= 0.3 is 0 Å². The van der Waals surface area contributed by atoms with Gasteiger partial charge in [0.05, 0.1) is 0 Å². The highest BCUT2D eigenvalue weighted by atomic mass is 16.5. The molecule has 0 heterocycles. The van der Waals surface area contributed by atoms with E-state index in [1.807, 2.05) is 48.5 Å². The minimum absolute atomic E-state index is 0.770. The Hall–Kier alpha value is -4.82. The summed E-state index contributed by atoms with van der Waals surface area (Å²) < 4.78 is 12.6. The molecule has 0 amide bonds. The topological polar surface area (TPSA) is 18.5 Å². The van der Waals surface area contributed by atoms with Crippen LogP contribution in [-0.2, 0) is 0 Å². The normalized spacial score (nSPS) is 11.3. The van der Waals surface area contributed by atoms with Gasteiger partial charge in [-0.2, -0.15) is 0 Å². The summed E-state index contributed by atoms with van der Waals surface area (Å²) in [5.41, 5.74) is 0. The summed E-state index contributed by atoms with van der Waals surface area (Å²) in [5.74, 6) is 3.22. The molecule has 0 aliphatic heterocycles. The lowest BCUT2D eigenvalue weighted by Crippen LogP contribution is -1.89. The van der Waals surface area contributed by atoms with Gasteiger partial charge < -0.3 is 9.47 Å². The molecule has 36 heavy (non-hydrogen) atoms. The smallest absolute Gasteiger partial charge is 0.135 e. The van der Waals surface area contributed by atoms with Crippen LogP contribution in [0, 0.1) is 0 Å². The average molecular weight is 463 g/mol. The molecule has 0 bridgehead atoms. The van der Waals surface area contributed by atoms with Crippen LogP contribution in [-0.4, -0.2) is 0 Å². The van der Waals surface area contributed by atoms with Crippen molar-refractivity contribution in [3.8, 4) is 23.0 Å². The Bertz CT molecular complexity index is 1740. The summed E-state index contributed by atoms with van der Waals surface area (Å²) in [7, 11) is 0. The quantitative estimate of drug-likeness (QED) is 0.242. The van der Waals surface area contributed by atoms with Crippen molar-refractivity contribution in [1.82, 2.24) is 0 Å². The van der Waals surface area contributed by atoms with Crippen molar-refractivity contribution in [2.45, 2.75) is 0 Å². The van der Waals surface area contributed by atoms with Gasteiger partial charge in [-0.1, -0.05) is 72.8 Å². The van der Waals surface area contributed by atoms with E-state index in [-0.39, 0.29) is 0 Å². The summed E-state index contributed by atoms with van der Waals surface area (Å²) >= 11 is 0. The molecule has 0 saturated carbocycles. The van der Waals surface area contributed by atoms with Crippen LogP contribution in [0.3, 0.4) is 0 Å². The lowest BCUT2D eigenvalue weighted by Gasteiger charge is -2.12. The van der Waals surface area contributed by atoms with Crippen LogP contribution >= 0.6 is 0 Å². The van der Waals surface area contributed by atoms with Gasteiger partial charge in [0.15, 0.2) is 0 Å². The van der Waals surface area contributed by atoms with E-state index >= 15 is 0 Å². The summed E-state index contributed by atoms with van der Waals surface area (Å²) in [4.78, 5) is 0. The van der Waals surface area contributed by atoms with Crippen molar-refractivity contribution in [1.29, 1.82) is 0 Å². The number of hydrogen-bond acceptors (Lipinski definition) is 2. The standard InChI is InChI=1S/C34H22O2/c1-3-9-25-21-31-27(19-23(25)7-1)11-5-13-33(31)35-29-15-17-30(18-16-29)36-34-14-6-12-28-20-24-8-2-4-10-26(24)22-32(28)34/h1-22H. The van der Waals surface area contributed by atoms with Crippen LogP contribution in [0.15, 0.2) is 133 Å². The zero-order chi connectivity index (χ0) is 23.9. The first kappa shape index (κ1) is 20.5. The number of hydrogen-bond donors (Lipinski definition) is 0. The van der Waals surface area contributed by atoms with Crippen molar-refractivity contribution < 1.29 is 9.47 Å². The average Bonchev–Trinajstić information content (AvgIpc) is 2.92. The van der Waals surface area contributed by atoms with Crippen molar-refractivity contribution in [3.63, 3.8) is 0 Å². The van der Waals surface area contributed by atoms with E-state index in [0.29, 0.717) is 0 Å². The summed E-state index contributed by atoms with van der Waals surface area (Å²) in [5, 5.41) is 9.37. The van der Waals surface area contributed by atoms with Crippen molar-refractivity contribution >= 4 is 43.1 Å². The monoisotopic (exact) mass is 462 g/mol. The van der Waals surface area contributed by atoms with E-state index in [0.717, 1.165) is 44.5 Å². The molecule has 0 fully saturated rings. The molecule has 7 aromatic rings.